The summed E-state index contributed by atoms with van der Waals surface area (Å²) in [6.07, 6.45) is 3.07. The number of aliphatic hydroxyl groups excluding tert-OH is 1. The zero-order valence-electron chi connectivity index (χ0n) is 11.6. The summed E-state index contributed by atoms with van der Waals surface area (Å²) in [6, 6.07) is 7.52. The number of aryl methyl sites for hydroxylation is 1. The number of hydrogen-bond donors (Lipinski definition) is 1. The monoisotopic (exact) mass is 260 g/mol. The predicted octanol–water partition coefficient (Wildman–Crippen LogP) is 2.77. The summed E-state index contributed by atoms with van der Waals surface area (Å²) in [5, 5.41) is 14.4. The summed E-state index contributed by atoms with van der Waals surface area (Å²) in [6.45, 7) is 6.79. The van der Waals surface area contributed by atoms with Crippen molar-refractivity contribution in [2.45, 2.75) is 39.5 Å². The van der Waals surface area contributed by atoms with Gasteiger partial charge in [-0.05, 0) is 38.5 Å². The van der Waals surface area contributed by atoms with E-state index in [2.05, 4.69) is 5.10 Å². The van der Waals surface area contributed by atoms with Crippen LogP contribution < -0.4 is 4.74 Å². The Morgan fingerprint density at radius 2 is 1.89 bits per heavy atom. The number of nitrogens with zero attached hydrogens (tertiary/aromatic N) is 2. The van der Waals surface area contributed by atoms with Gasteiger partial charge in [0.15, 0.2) is 0 Å². The summed E-state index contributed by atoms with van der Waals surface area (Å²) < 4.78 is 7.38. The summed E-state index contributed by atoms with van der Waals surface area (Å²) >= 11 is 0. The standard InChI is InChI=1S/C15H20N2O2/c1-4-17-10-13(9-16-17)15(18)12-5-7-14(8-6-12)19-11(2)3/h5-11,15,18H,4H2,1-3H3. The first-order chi connectivity index (χ1) is 9.10. The van der Waals surface area contributed by atoms with Crippen LogP contribution in [0.15, 0.2) is 36.7 Å². The molecular formula is C15H20N2O2. The Balaban J connectivity index is 2.12. The number of aliphatic hydroxyl groups is 1. The Bertz CT molecular complexity index is 517. The molecule has 0 amide bonds. The van der Waals surface area contributed by atoms with Crippen LogP contribution >= 0.6 is 0 Å². The second kappa shape index (κ2) is 5.89. The predicted molar refractivity (Wildman–Crippen MR) is 74.2 cm³/mol. The minimum atomic E-state index is -0.645. The number of benzene rings is 1. The van der Waals surface area contributed by atoms with Crippen molar-refractivity contribution in [1.29, 1.82) is 0 Å². The van der Waals surface area contributed by atoms with Crippen molar-refractivity contribution in [3.63, 3.8) is 0 Å². The topological polar surface area (TPSA) is 47.3 Å². The van der Waals surface area contributed by atoms with Crippen LogP contribution in [0.4, 0.5) is 0 Å². The third-order valence-corrected chi connectivity index (χ3v) is 2.86. The Labute approximate surface area is 113 Å². The molecule has 1 atom stereocenters. The molecule has 4 nitrogen and oxygen atoms in total. The van der Waals surface area contributed by atoms with Crippen molar-refractivity contribution in [3.05, 3.63) is 47.8 Å². The Morgan fingerprint density at radius 3 is 2.42 bits per heavy atom. The highest BCUT2D eigenvalue weighted by atomic mass is 16.5. The number of hydrogen-bond acceptors (Lipinski definition) is 3. The average molecular weight is 260 g/mol. The molecule has 0 aliphatic carbocycles. The van der Waals surface area contributed by atoms with E-state index in [1.54, 1.807) is 10.9 Å². The largest absolute Gasteiger partial charge is 0.491 e. The Morgan fingerprint density at radius 1 is 1.21 bits per heavy atom. The van der Waals surface area contributed by atoms with E-state index in [0.29, 0.717) is 0 Å². The van der Waals surface area contributed by atoms with E-state index in [9.17, 15) is 5.11 Å². The normalized spacial score (nSPS) is 12.7. The van der Waals surface area contributed by atoms with Crippen molar-refractivity contribution in [2.75, 3.05) is 0 Å². The Kier molecular flexibility index (Phi) is 4.22. The van der Waals surface area contributed by atoms with Crippen molar-refractivity contribution in [2.24, 2.45) is 0 Å². The van der Waals surface area contributed by atoms with Gasteiger partial charge in [0.1, 0.15) is 11.9 Å². The summed E-state index contributed by atoms with van der Waals surface area (Å²) in [7, 11) is 0. The zero-order chi connectivity index (χ0) is 13.8. The number of aromatic nitrogens is 2. The molecule has 0 radical (unpaired) electrons. The molecule has 1 heterocycles. The molecule has 4 heteroatoms. The van der Waals surface area contributed by atoms with E-state index in [4.69, 9.17) is 4.74 Å². The third-order valence-electron chi connectivity index (χ3n) is 2.86. The minimum Gasteiger partial charge on any atom is -0.491 e. The van der Waals surface area contributed by atoms with Crippen LogP contribution in [0.5, 0.6) is 5.75 Å². The van der Waals surface area contributed by atoms with Crippen LogP contribution in [0.25, 0.3) is 0 Å². The minimum absolute atomic E-state index is 0.151. The maximum absolute atomic E-state index is 10.3. The molecule has 0 spiro atoms. The molecule has 0 bridgehead atoms. The van der Waals surface area contributed by atoms with Gasteiger partial charge in [-0.25, -0.2) is 0 Å². The van der Waals surface area contributed by atoms with Gasteiger partial charge in [0.2, 0.25) is 0 Å². The molecule has 0 aliphatic rings. The molecule has 1 unspecified atom stereocenters. The highest BCUT2D eigenvalue weighted by Crippen LogP contribution is 2.23. The quantitative estimate of drug-likeness (QED) is 0.899. The fourth-order valence-corrected chi connectivity index (χ4v) is 1.89. The molecule has 0 saturated heterocycles. The number of ether oxygens (including phenoxy) is 1. The molecule has 2 rings (SSSR count). The van der Waals surface area contributed by atoms with E-state index < -0.39 is 6.10 Å². The SMILES string of the molecule is CCn1cc(C(O)c2ccc(OC(C)C)cc2)cn1. The second-order valence-corrected chi connectivity index (χ2v) is 4.77. The smallest absolute Gasteiger partial charge is 0.119 e. The Hall–Kier alpha value is -1.81. The van der Waals surface area contributed by atoms with Crippen LogP contribution in [-0.2, 0) is 6.54 Å². The molecule has 0 fully saturated rings. The molecule has 19 heavy (non-hydrogen) atoms. The van der Waals surface area contributed by atoms with Crippen LogP contribution in [0.1, 0.15) is 38.0 Å². The summed E-state index contributed by atoms with van der Waals surface area (Å²) in [4.78, 5) is 0. The van der Waals surface area contributed by atoms with Crippen LogP contribution in [0, 0.1) is 0 Å². The van der Waals surface area contributed by atoms with Crippen molar-refractivity contribution in [1.82, 2.24) is 9.78 Å². The average Bonchev–Trinajstić information content (AvgIpc) is 2.87. The molecular weight excluding hydrogens is 240 g/mol. The maximum atomic E-state index is 10.3. The summed E-state index contributed by atoms with van der Waals surface area (Å²) in [5.74, 6) is 0.815. The van der Waals surface area contributed by atoms with E-state index in [-0.39, 0.29) is 6.10 Å². The van der Waals surface area contributed by atoms with E-state index in [1.165, 1.54) is 0 Å². The number of rotatable bonds is 5. The van der Waals surface area contributed by atoms with Gasteiger partial charge in [0.25, 0.3) is 0 Å². The molecule has 1 aromatic carbocycles. The molecule has 1 N–H and O–H groups in total. The molecule has 1 aromatic heterocycles. The van der Waals surface area contributed by atoms with Gasteiger partial charge in [0, 0.05) is 18.3 Å². The molecule has 0 saturated carbocycles. The van der Waals surface area contributed by atoms with E-state index in [0.717, 1.165) is 23.4 Å². The van der Waals surface area contributed by atoms with Gasteiger partial charge in [-0.3, -0.25) is 4.68 Å². The van der Waals surface area contributed by atoms with Gasteiger partial charge in [-0.2, -0.15) is 5.10 Å². The van der Waals surface area contributed by atoms with Crippen LogP contribution in [0.2, 0.25) is 0 Å². The van der Waals surface area contributed by atoms with Gasteiger partial charge < -0.3 is 9.84 Å². The first-order valence-corrected chi connectivity index (χ1v) is 6.57. The van der Waals surface area contributed by atoms with Crippen LogP contribution in [-0.4, -0.2) is 21.0 Å². The molecule has 0 aliphatic heterocycles. The van der Waals surface area contributed by atoms with Crippen molar-refractivity contribution < 1.29 is 9.84 Å². The fourth-order valence-electron chi connectivity index (χ4n) is 1.89. The van der Waals surface area contributed by atoms with Gasteiger partial charge in [-0.1, -0.05) is 12.1 Å². The van der Waals surface area contributed by atoms with Gasteiger partial charge in [-0.15, -0.1) is 0 Å². The fraction of sp³-hybridized carbons (Fsp3) is 0.400. The first kappa shape index (κ1) is 13.6. The highest BCUT2D eigenvalue weighted by molar-refractivity contribution is 5.32. The first-order valence-electron chi connectivity index (χ1n) is 6.57. The highest BCUT2D eigenvalue weighted by Gasteiger charge is 2.12. The van der Waals surface area contributed by atoms with Crippen LogP contribution in [0.3, 0.4) is 0 Å². The van der Waals surface area contributed by atoms with Crippen molar-refractivity contribution in [3.8, 4) is 5.75 Å². The lowest BCUT2D eigenvalue weighted by atomic mass is 10.0. The lowest BCUT2D eigenvalue weighted by molar-refractivity contribution is 0.219. The van der Waals surface area contributed by atoms with E-state index >= 15 is 0 Å². The third kappa shape index (κ3) is 3.35. The second-order valence-electron chi connectivity index (χ2n) is 4.77. The van der Waals surface area contributed by atoms with Crippen molar-refractivity contribution >= 4 is 0 Å². The molecule has 2 aromatic rings. The van der Waals surface area contributed by atoms with Gasteiger partial charge >= 0.3 is 0 Å². The lowest BCUT2D eigenvalue weighted by Crippen LogP contribution is -2.05. The maximum Gasteiger partial charge on any atom is 0.119 e. The summed E-state index contributed by atoms with van der Waals surface area (Å²) in [5.41, 5.74) is 1.64. The molecule has 102 valence electrons. The van der Waals surface area contributed by atoms with E-state index in [1.807, 2.05) is 51.2 Å². The zero-order valence-corrected chi connectivity index (χ0v) is 11.6. The van der Waals surface area contributed by atoms with Gasteiger partial charge in [0.05, 0.1) is 12.3 Å². The lowest BCUT2D eigenvalue weighted by Gasteiger charge is -2.12.